The van der Waals surface area contributed by atoms with Crippen LogP contribution in [-0.2, 0) is 9.47 Å². The highest BCUT2D eigenvalue weighted by atomic mass is 35.5. The third-order valence-electron chi connectivity index (χ3n) is 3.66. The monoisotopic (exact) mass is 299 g/mol. The predicted octanol–water partition coefficient (Wildman–Crippen LogP) is 2.25. The van der Waals surface area contributed by atoms with Gasteiger partial charge in [0.05, 0.1) is 12.6 Å². The third-order valence-corrected chi connectivity index (χ3v) is 3.86. The average molecular weight is 300 g/mol. The van der Waals surface area contributed by atoms with Gasteiger partial charge in [-0.15, -0.1) is 0 Å². The summed E-state index contributed by atoms with van der Waals surface area (Å²) in [4.78, 5) is 12.1. The van der Waals surface area contributed by atoms with Gasteiger partial charge in [0.15, 0.2) is 11.0 Å². The fraction of sp³-hybridized carbons (Fsp3) is 0.643. The van der Waals surface area contributed by atoms with Gasteiger partial charge in [-0.05, 0) is 48.9 Å². The first-order valence-corrected chi connectivity index (χ1v) is 7.35. The SMILES string of the molecule is O=C(N[C@@H]1CCOC[C@H]1OCC1CC1)c1ccc(Cl)o1. The Morgan fingerprint density at radius 3 is 2.95 bits per heavy atom. The van der Waals surface area contributed by atoms with Crippen LogP contribution in [0.2, 0.25) is 5.22 Å². The smallest absolute Gasteiger partial charge is 0.287 e. The number of hydrogen-bond donors (Lipinski definition) is 1. The molecule has 2 heterocycles. The zero-order chi connectivity index (χ0) is 13.9. The molecule has 0 unspecified atom stereocenters. The van der Waals surface area contributed by atoms with Gasteiger partial charge >= 0.3 is 0 Å². The molecule has 2 fully saturated rings. The van der Waals surface area contributed by atoms with Crippen LogP contribution in [0.1, 0.15) is 29.8 Å². The summed E-state index contributed by atoms with van der Waals surface area (Å²) in [5.41, 5.74) is 0. The molecule has 1 amide bonds. The minimum Gasteiger partial charge on any atom is -0.440 e. The van der Waals surface area contributed by atoms with Crippen molar-refractivity contribution in [3.05, 3.63) is 23.1 Å². The third kappa shape index (κ3) is 3.53. The van der Waals surface area contributed by atoms with E-state index in [0.717, 1.165) is 13.0 Å². The predicted molar refractivity (Wildman–Crippen MR) is 72.9 cm³/mol. The summed E-state index contributed by atoms with van der Waals surface area (Å²) in [6, 6.07) is 3.08. The van der Waals surface area contributed by atoms with Crippen LogP contribution < -0.4 is 5.32 Å². The maximum Gasteiger partial charge on any atom is 0.287 e. The van der Waals surface area contributed by atoms with Crippen molar-refractivity contribution in [1.82, 2.24) is 5.32 Å². The van der Waals surface area contributed by atoms with E-state index in [9.17, 15) is 4.79 Å². The Bertz CT molecular complexity index is 471. The Labute approximate surface area is 122 Å². The van der Waals surface area contributed by atoms with E-state index in [1.54, 1.807) is 12.1 Å². The van der Waals surface area contributed by atoms with E-state index in [-0.39, 0.29) is 29.0 Å². The van der Waals surface area contributed by atoms with Crippen LogP contribution in [0.15, 0.2) is 16.5 Å². The molecule has 2 atom stereocenters. The Balaban J connectivity index is 1.56. The van der Waals surface area contributed by atoms with Crippen molar-refractivity contribution in [2.45, 2.75) is 31.4 Å². The van der Waals surface area contributed by atoms with Gasteiger partial charge in [0.2, 0.25) is 0 Å². The molecule has 20 heavy (non-hydrogen) atoms. The zero-order valence-corrected chi connectivity index (χ0v) is 11.9. The molecule has 1 saturated heterocycles. The van der Waals surface area contributed by atoms with Crippen molar-refractivity contribution < 1.29 is 18.7 Å². The average Bonchev–Trinajstić information content (AvgIpc) is 3.18. The Morgan fingerprint density at radius 2 is 2.25 bits per heavy atom. The summed E-state index contributed by atoms with van der Waals surface area (Å²) in [5.74, 6) is 0.656. The minimum absolute atomic E-state index is 0.0427. The van der Waals surface area contributed by atoms with E-state index in [2.05, 4.69) is 5.32 Å². The number of halogens is 1. The van der Waals surface area contributed by atoms with Crippen LogP contribution in [0.3, 0.4) is 0 Å². The molecule has 1 aromatic rings. The van der Waals surface area contributed by atoms with Crippen molar-refractivity contribution in [2.24, 2.45) is 5.92 Å². The number of carbonyl (C=O) groups is 1. The molecule has 1 aliphatic heterocycles. The second-order valence-electron chi connectivity index (χ2n) is 5.36. The Morgan fingerprint density at radius 1 is 1.40 bits per heavy atom. The second-order valence-corrected chi connectivity index (χ2v) is 5.73. The van der Waals surface area contributed by atoms with E-state index >= 15 is 0 Å². The first kappa shape index (κ1) is 13.9. The van der Waals surface area contributed by atoms with E-state index in [1.165, 1.54) is 12.8 Å². The number of carbonyl (C=O) groups excluding carboxylic acids is 1. The maximum absolute atomic E-state index is 12.1. The molecule has 6 heteroatoms. The van der Waals surface area contributed by atoms with Gasteiger partial charge in [0, 0.05) is 13.2 Å². The van der Waals surface area contributed by atoms with Crippen LogP contribution >= 0.6 is 11.6 Å². The molecule has 0 bridgehead atoms. The largest absolute Gasteiger partial charge is 0.440 e. The molecule has 110 valence electrons. The van der Waals surface area contributed by atoms with Crippen LogP contribution in [0.25, 0.3) is 0 Å². The summed E-state index contributed by atoms with van der Waals surface area (Å²) in [5, 5.41) is 3.16. The van der Waals surface area contributed by atoms with Crippen LogP contribution in [0.5, 0.6) is 0 Å². The van der Waals surface area contributed by atoms with E-state index in [0.29, 0.717) is 19.1 Å². The summed E-state index contributed by atoms with van der Waals surface area (Å²) >= 11 is 5.68. The lowest BCUT2D eigenvalue weighted by molar-refractivity contribution is -0.0698. The van der Waals surface area contributed by atoms with E-state index < -0.39 is 0 Å². The lowest BCUT2D eigenvalue weighted by Crippen LogP contribution is -2.50. The summed E-state index contributed by atoms with van der Waals surface area (Å²) in [6.45, 7) is 1.91. The van der Waals surface area contributed by atoms with Crippen molar-refractivity contribution in [3.8, 4) is 0 Å². The first-order chi connectivity index (χ1) is 9.72. The second kappa shape index (κ2) is 6.16. The minimum atomic E-state index is -0.260. The van der Waals surface area contributed by atoms with Crippen LogP contribution in [0.4, 0.5) is 0 Å². The van der Waals surface area contributed by atoms with Gasteiger partial charge in [-0.3, -0.25) is 4.79 Å². The molecule has 1 N–H and O–H groups in total. The van der Waals surface area contributed by atoms with E-state index in [4.69, 9.17) is 25.5 Å². The molecule has 2 aliphatic rings. The number of rotatable bonds is 5. The van der Waals surface area contributed by atoms with Crippen molar-refractivity contribution in [3.63, 3.8) is 0 Å². The number of furan rings is 1. The standard InChI is InChI=1S/C14H18ClNO4/c15-13-4-3-11(20-13)14(17)16-10-5-6-18-8-12(10)19-7-9-1-2-9/h3-4,9-10,12H,1-2,5-8H2,(H,16,17)/t10-,12-/m1/s1. The lowest BCUT2D eigenvalue weighted by Gasteiger charge is -2.31. The maximum atomic E-state index is 12.1. The van der Waals surface area contributed by atoms with Crippen molar-refractivity contribution in [1.29, 1.82) is 0 Å². The highest BCUT2D eigenvalue weighted by Crippen LogP contribution is 2.29. The van der Waals surface area contributed by atoms with Gasteiger partial charge in [0.25, 0.3) is 5.91 Å². The van der Waals surface area contributed by atoms with Gasteiger partial charge < -0.3 is 19.2 Å². The van der Waals surface area contributed by atoms with Gasteiger partial charge in [-0.1, -0.05) is 0 Å². The molecular weight excluding hydrogens is 282 g/mol. The molecular formula is C14H18ClNO4. The summed E-state index contributed by atoms with van der Waals surface area (Å²) in [7, 11) is 0. The zero-order valence-electron chi connectivity index (χ0n) is 11.1. The van der Waals surface area contributed by atoms with Crippen LogP contribution in [0, 0.1) is 5.92 Å². The molecule has 1 saturated carbocycles. The Kier molecular flexibility index (Phi) is 4.29. The van der Waals surface area contributed by atoms with Crippen molar-refractivity contribution in [2.75, 3.05) is 19.8 Å². The molecule has 1 aliphatic carbocycles. The van der Waals surface area contributed by atoms with Crippen LogP contribution in [-0.4, -0.2) is 37.9 Å². The van der Waals surface area contributed by atoms with Gasteiger partial charge in [0.1, 0.15) is 6.10 Å². The fourth-order valence-corrected chi connectivity index (χ4v) is 2.41. The highest BCUT2D eigenvalue weighted by Gasteiger charge is 2.31. The normalized spacial score (nSPS) is 26.4. The Hall–Kier alpha value is -1.04. The molecule has 3 rings (SSSR count). The number of ether oxygens (including phenoxy) is 2. The fourth-order valence-electron chi connectivity index (χ4n) is 2.26. The highest BCUT2D eigenvalue weighted by molar-refractivity contribution is 6.29. The molecule has 0 aromatic carbocycles. The number of hydrogen-bond acceptors (Lipinski definition) is 4. The number of amides is 1. The molecule has 5 nitrogen and oxygen atoms in total. The molecule has 0 spiro atoms. The summed E-state index contributed by atoms with van der Waals surface area (Å²) in [6.07, 6.45) is 3.15. The topological polar surface area (TPSA) is 60.7 Å². The molecule has 0 radical (unpaired) electrons. The van der Waals surface area contributed by atoms with Gasteiger partial charge in [-0.25, -0.2) is 0 Å². The number of nitrogens with one attached hydrogen (secondary N) is 1. The van der Waals surface area contributed by atoms with E-state index in [1.807, 2.05) is 0 Å². The molecule has 1 aromatic heterocycles. The lowest BCUT2D eigenvalue weighted by atomic mass is 10.1. The van der Waals surface area contributed by atoms with Crippen molar-refractivity contribution >= 4 is 17.5 Å². The summed E-state index contributed by atoms with van der Waals surface area (Å²) < 4.78 is 16.4. The quantitative estimate of drug-likeness (QED) is 0.906. The first-order valence-electron chi connectivity index (χ1n) is 6.98. The van der Waals surface area contributed by atoms with Gasteiger partial charge in [-0.2, -0.15) is 0 Å².